The number of nitrogens with one attached hydrogen (secondary N) is 2. The number of oxazole rings is 1. The van der Waals surface area contributed by atoms with E-state index in [9.17, 15) is 4.79 Å². The van der Waals surface area contributed by atoms with Gasteiger partial charge in [-0.3, -0.25) is 9.63 Å². The van der Waals surface area contributed by atoms with Gasteiger partial charge < -0.3 is 14.3 Å². The van der Waals surface area contributed by atoms with E-state index in [1.54, 1.807) is 35.0 Å². The van der Waals surface area contributed by atoms with Gasteiger partial charge in [-0.2, -0.15) is 0 Å². The summed E-state index contributed by atoms with van der Waals surface area (Å²) in [4.78, 5) is 26.5. The number of rotatable bonds is 8. The van der Waals surface area contributed by atoms with Crippen molar-refractivity contribution in [3.05, 3.63) is 70.9 Å². The van der Waals surface area contributed by atoms with Crippen molar-refractivity contribution in [1.29, 1.82) is 0 Å². The lowest BCUT2D eigenvalue weighted by atomic mass is 10.1. The van der Waals surface area contributed by atoms with E-state index in [0.29, 0.717) is 34.5 Å². The van der Waals surface area contributed by atoms with Gasteiger partial charge in [-0.05, 0) is 55.5 Å². The van der Waals surface area contributed by atoms with Crippen molar-refractivity contribution in [2.24, 2.45) is 5.92 Å². The Morgan fingerprint density at radius 2 is 2.21 bits per heavy atom. The average Bonchev–Trinajstić information content (AvgIpc) is 3.30. The molecule has 1 fully saturated rings. The molecule has 0 radical (unpaired) electrons. The molecule has 0 saturated heterocycles. The minimum atomic E-state index is -0.648. The molecule has 0 atom stereocenters. The van der Waals surface area contributed by atoms with Crippen molar-refractivity contribution in [1.82, 2.24) is 20.0 Å². The number of halogens is 2. The third kappa shape index (κ3) is 4.55. The maximum absolute atomic E-state index is 15.7. The molecule has 170 valence electrons. The van der Waals surface area contributed by atoms with Crippen molar-refractivity contribution in [3.8, 4) is 0 Å². The van der Waals surface area contributed by atoms with Gasteiger partial charge in [0, 0.05) is 10.7 Å². The number of aromatic nitrogens is 3. The molecular weight excluding hydrogens is 449 g/mol. The number of hydrogen-bond donors (Lipinski definition) is 2. The predicted molar refractivity (Wildman–Crippen MR) is 121 cm³/mol. The first-order valence-electron chi connectivity index (χ1n) is 10.5. The molecule has 2 aromatic heterocycles. The summed E-state index contributed by atoms with van der Waals surface area (Å²) in [5.74, 6) is -0.168. The van der Waals surface area contributed by atoms with E-state index in [4.69, 9.17) is 20.9 Å². The van der Waals surface area contributed by atoms with E-state index in [1.807, 2.05) is 6.92 Å². The Morgan fingerprint density at radius 1 is 1.36 bits per heavy atom. The molecule has 4 aromatic rings. The van der Waals surface area contributed by atoms with Gasteiger partial charge in [-0.15, -0.1) is 0 Å². The summed E-state index contributed by atoms with van der Waals surface area (Å²) in [5, 5.41) is 3.61. The molecule has 0 aliphatic heterocycles. The summed E-state index contributed by atoms with van der Waals surface area (Å²) in [5.41, 5.74) is 4.52. The van der Waals surface area contributed by atoms with Crippen LogP contribution in [0.25, 0.3) is 11.0 Å². The molecule has 2 N–H and O–H groups in total. The van der Waals surface area contributed by atoms with E-state index >= 15 is 4.39 Å². The van der Waals surface area contributed by atoms with E-state index in [2.05, 4.69) is 20.8 Å². The summed E-state index contributed by atoms with van der Waals surface area (Å²) in [6.45, 7) is 2.56. The maximum atomic E-state index is 15.7. The van der Waals surface area contributed by atoms with Gasteiger partial charge in [0.1, 0.15) is 11.3 Å². The second kappa shape index (κ2) is 8.84. The first-order valence-corrected chi connectivity index (χ1v) is 10.9. The van der Waals surface area contributed by atoms with Crippen LogP contribution in [-0.2, 0) is 11.4 Å². The highest BCUT2D eigenvalue weighted by molar-refractivity contribution is 6.30. The van der Waals surface area contributed by atoms with Crippen LogP contribution in [0.15, 0.2) is 47.6 Å². The maximum Gasteiger partial charge on any atom is 0.277 e. The standard InChI is InChI=1S/C23H21ClFN5O3/c1-13-6-15(24)4-5-18(13)28-21-17(23(31)29-33-10-14-2-3-14)7-19-22(20(21)25)27-11-30(19)9-16-8-26-12-32-16/h4-8,11-12,14,28H,2-3,9-10H2,1H3,(H,29,31). The van der Waals surface area contributed by atoms with Crippen molar-refractivity contribution in [2.75, 3.05) is 11.9 Å². The molecule has 1 amide bonds. The fourth-order valence-electron chi connectivity index (χ4n) is 3.54. The van der Waals surface area contributed by atoms with Crippen LogP contribution in [0.1, 0.15) is 34.5 Å². The molecule has 1 saturated carbocycles. The lowest BCUT2D eigenvalue weighted by Crippen LogP contribution is -2.26. The second-order valence-corrected chi connectivity index (χ2v) is 8.53. The van der Waals surface area contributed by atoms with Crippen molar-refractivity contribution in [3.63, 3.8) is 0 Å². The lowest BCUT2D eigenvalue weighted by molar-refractivity contribution is 0.0271. The van der Waals surface area contributed by atoms with Gasteiger partial charge in [-0.1, -0.05) is 11.6 Å². The number of hydroxylamine groups is 1. The number of carbonyl (C=O) groups is 1. The third-order valence-electron chi connectivity index (χ3n) is 5.54. The zero-order chi connectivity index (χ0) is 22.9. The minimum Gasteiger partial charge on any atom is -0.447 e. The smallest absolute Gasteiger partial charge is 0.277 e. The summed E-state index contributed by atoms with van der Waals surface area (Å²) in [6.07, 6.45) is 6.56. The summed E-state index contributed by atoms with van der Waals surface area (Å²) in [7, 11) is 0. The number of hydrogen-bond acceptors (Lipinski definition) is 6. The Hall–Kier alpha value is -3.43. The van der Waals surface area contributed by atoms with Gasteiger partial charge in [0.25, 0.3) is 5.91 Å². The average molecular weight is 470 g/mol. The van der Waals surface area contributed by atoms with Crippen LogP contribution in [0.5, 0.6) is 0 Å². The number of amides is 1. The second-order valence-electron chi connectivity index (χ2n) is 8.09. The predicted octanol–water partition coefficient (Wildman–Crippen LogP) is 4.99. The van der Waals surface area contributed by atoms with Gasteiger partial charge in [0.05, 0.1) is 42.4 Å². The Morgan fingerprint density at radius 3 is 2.94 bits per heavy atom. The molecule has 8 nitrogen and oxygen atoms in total. The van der Waals surface area contributed by atoms with Gasteiger partial charge >= 0.3 is 0 Å². The fraction of sp³-hybridized carbons (Fsp3) is 0.261. The van der Waals surface area contributed by atoms with Crippen molar-refractivity contribution < 1.29 is 18.4 Å². The Bertz CT molecular complexity index is 1320. The number of nitrogens with zero attached hydrogens (tertiary/aromatic N) is 3. The van der Waals surface area contributed by atoms with Gasteiger partial charge in [-0.25, -0.2) is 19.8 Å². The molecule has 5 rings (SSSR count). The van der Waals surface area contributed by atoms with Gasteiger partial charge in [0.2, 0.25) is 0 Å². The molecular formula is C23H21ClFN5O3. The van der Waals surface area contributed by atoms with Crippen LogP contribution in [-0.4, -0.2) is 27.0 Å². The van der Waals surface area contributed by atoms with Crippen LogP contribution in [0.3, 0.4) is 0 Å². The molecule has 0 bridgehead atoms. The topological polar surface area (TPSA) is 94.2 Å². The summed E-state index contributed by atoms with van der Waals surface area (Å²) < 4.78 is 22.7. The van der Waals surface area contributed by atoms with Crippen LogP contribution in [0.4, 0.5) is 15.8 Å². The van der Waals surface area contributed by atoms with Crippen LogP contribution in [0, 0.1) is 18.7 Å². The Labute approximate surface area is 193 Å². The molecule has 0 spiro atoms. The summed E-state index contributed by atoms with van der Waals surface area (Å²) >= 11 is 6.05. The van der Waals surface area contributed by atoms with E-state index < -0.39 is 11.7 Å². The van der Waals surface area contributed by atoms with Crippen LogP contribution < -0.4 is 10.8 Å². The zero-order valence-corrected chi connectivity index (χ0v) is 18.5. The third-order valence-corrected chi connectivity index (χ3v) is 5.77. The number of benzene rings is 2. The fourth-order valence-corrected chi connectivity index (χ4v) is 3.77. The number of aryl methyl sites for hydroxylation is 1. The van der Waals surface area contributed by atoms with Crippen LogP contribution in [0.2, 0.25) is 5.02 Å². The minimum absolute atomic E-state index is 0.00496. The highest BCUT2D eigenvalue weighted by Gasteiger charge is 2.25. The first kappa shape index (κ1) is 21.4. The highest BCUT2D eigenvalue weighted by atomic mass is 35.5. The van der Waals surface area contributed by atoms with Crippen molar-refractivity contribution >= 4 is 39.9 Å². The van der Waals surface area contributed by atoms with E-state index in [-0.39, 0.29) is 23.3 Å². The Kier molecular flexibility index (Phi) is 5.74. The SMILES string of the molecule is Cc1cc(Cl)ccc1Nc1c(C(=O)NOCC2CC2)cc2c(ncn2Cc2cnco2)c1F. The number of carbonyl (C=O) groups excluding carboxylic acids is 1. The number of imidazole rings is 1. The zero-order valence-electron chi connectivity index (χ0n) is 17.8. The quantitative estimate of drug-likeness (QED) is 0.353. The summed E-state index contributed by atoms with van der Waals surface area (Å²) in [6, 6.07) is 6.77. The molecule has 33 heavy (non-hydrogen) atoms. The molecule has 0 unspecified atom stereocenters. The van der Waals surface area contributed by atoms with Crippen molar-refractivity contribution in [2.45, 2.75) is 26.3 Å². The Balaban J connectivity index is 1.55. The molecule has 1 aliphatic carbocycles. The van der Waals surface area contributed by atoms with E-state index in [0.717, 1.165) is 18.4 Å². The normalized spacial score (nSPS) is 13.4. The monoisotopic (exact) mass is 469 g/mol. The lowest BCUT2D eigenvalue weighted by Gasteiger charge is -2.16. The molecule has 2 aromatic carbocycles. The van der Waals surface area contributed by atoms with E-state index in [1.165, 1.54) is 12.7 Å². The molecule has 10 heteroatoms. The molecule has 2 heterocycles. The number of fused-ring (bicyclic) bond motifs is 1. The largest absolute Gasteiger partial charge is 0.447 e. The molecule has 1 aliphatic rings. The van der Waals surface area contributed by atoms with Crippen LogP contribution >= 0.6 is 11.6 Å². The number of anilines is 2. The first-order chi connectivity index (χ1) is 16.0. The van der Waals surface area contributed by atoms with Gasteiger partial charge in [0.15, 0.2) is 12.2 Å². The highest BCUT2D eigenvalue weighted by Crippen LogP contribution is 2.33.